The number of hydrogen-bond donors (Lipinski definition) is 0. The summed E-state index contributed by atoms with van der Waals surface area (Å²) in [5.74, 6) is 0.949. The van der Waals surface area contributed by atoms with Gasteiger partial charge in [-0.2, -0.15) is 0 Å². The highest BCUT2D eigenvalue weighted by atomic mass is 16.5. The van der Waals surface area contributed by atoms with Gasteiger partial charge in [-0.15, -0.1) is 0 Å². The van der Waals surface area contributed by atoms with Crippen LogP contribution in [0.1, 0.15) is 22.7 Å². The van der Waals surface area contributed by atoms with Crippen LogP contribution in [0.25, 0.3) is 0 Å². The van der Waals surface area contributed by atoms with Gasteiger partial charge in [-0.05, 0) is 13.8 Å². The van der Waals surface area contributed by atoms with Crippen molar-refractivity contribution in [3.05, 3.63) is 35.2 Å². The van der Waals surface area contributed by atoms with E-state index in [4.69, 9.17) is 4.52 Å². The number of imidazole rings is 1. The monoisotopic (exact) mass is 289 g/mol. The first-order chi connectivity index (χ1) is 10.1. The number of piperazine rings is 1. The average Bonchev–Trinajstić information content (AvgIpc) is 3.01. The molecule has 2 aromatic rings. The third kappa shape index (κ3) is 3.16. The average molecular weight is 289 g/mol. The van der Waals surface area contributed by atoms with Crippen LogP contribution in [0.2, 0.25) is 0 Å². The Balaban J connectivity index is 1.52. The largest absolute Gasteiger partial charge is 0.361 e. The Morgan fingerprint density at radius 3 is 2.29 bits per heavy atom. The normalized spacial score (nSPS) is 17.5. The van der Waals surface area contributed by atoms with Crippen molar-refractivity contribution in [3.63, 3.8) is 0 Å². The Labute approximate surface area is 125 Å². The van der Waals surface area contributed by atoms with Gasteiger partial charge in [-0.3, -0.25) is 9.80 Å². The zero-order valence-electron chi connectivity index (χ0n) is 13.0. The smallest absolute Gasteiger partial charge is 0.138 e. The molecular formula is C15H23N5O. The Hall–Kier alpha value is -1.66. The van der Waals surface area contributed by atoms with Gasteiger partial charge in [0.25, 0.3) is 0 Å². The molecule has 1 aliphatic heterocycles. The summed E-state index contributed by atoms with van der Waals surface area (Å²) >= 11 is 0. The lowest BCUT2D eigenvalue weighted by Crippen LogP contribution is -2.45. The van der Waals surface area contributed by atoms with E-state index in [9.17, 15) is 0 Å². The van der Waals surface area contributed by atoms with Crippen LogP contribution in [0.15, 0.2) is 17.0 Å². The second-order valence-electron chi connectivity index (χ2n) is 5.85. The first-order valence-corrected chi connectivity index (χ1v) is 7.45. The first kappa shape index (κ1) is 14.3. The molecule has 0 bridgehead atoms. The van der Waals surface area contributed by atoms with E-state index in [2.05, 4.69) is 31.6 Å². The maximum absolute atomic E-state index is 5.24. The Kier molecular flexibility index (Phi) is 4.07. The van der Waals surface area contributed by atoms with Crippen LogP contribution in [-0.2, 0) is 20.1 Å². The molecule has 0 amide bonds. The molecule has 0 N–H and O–H groups in total. The number of rotatable bonds is 4. The maximum atomic E-state index is 5.24. The van der Waals surface area contributed by atoms with Crippen molar-refractivity contribution in [2.24, 2.45) is 7.05 Å². The van der Waals surface area contributed by atoms with E-state index in [1.54, 1.807) is 0 Å². The maximum Gasteiger partial charge on any atom is 0.138 e. The Morgan fingerprint density at radius 2 is 1.76 bits per heavy atom. The molecule has 114 valence electrons. The van der Waals surface area contributed by atoms with E-state index in [0.717, 1.165) is 50.7 Å². The first-order valence-electron chi connectivity index (χ1n) is 7.45. The van der Waals surface area contributed by atoms with Crippen LogP contribution < -0.4 is 0 Å². The van der Waals surface area contributed by atoms with E-state index in [0.29, 0.717) is 0 Å². The molecule has 0 unspecified atom stereocenters. The van der Waals surface area contributed by atoms with E-state index in [1.807, 2.05) is 26.4 Å². The van der Waals surface area contributed by atoms with Crippen molar-refractivity contribution in [1.82, 2.24) is 24.5 Å². The van der Waals surface area contributed by atoms with E-state index in [1.165, 1.54) is 11.3 Å². The molecule has 6 nitrogen and oxygen atoms in total. The van der Waals surface area contributed by atoms with Crippen LogP contribution in [0.5, 0.6) is 0 Å². The summed E-state index contributed by atoms with van der Waals surface area (Å²) in [6, 6.07) is 0. The molecule has 0 radical (unpaired) electrons. The highest BCUT2D eigenvalue weighted by Crippen LogP contribution is 2.16. The van der Waals surface area contributed by atoms with E-state index >= 15 is 0 Å². The summed E-state index contributed by atoms with van der Waals surface area (Å²) in [6.07, 6.45) is 3.82. The Morgan fingerprint density at radius 1 is 1.10 bits per heavy atom. The summed E-state index contributed by atoms with van der Waals surface area (Å²) < 4.78 is 7.34. The molecule has 1 fully saturated rings. The molecule has 0 atom stereocenters. The van der Waals surface area contributed by atoms with Crippen LogP contribution in [0, 0.1) is 13.8 Å². The fraction of sp³-hybridized carbons (Fsp3) is 0.600. The molecule has 6 heteroatoms. The second kappa shape index (κ2) is 5.99. The van der Waals surface area contributed by atoms with E-state index < -0.39 is 0 Å². The fourth-order valence-corrected chi connectivity index (χ4v) is 2.82. The predicted octanol–water partition coefficient (Wildman–Crippen LogP) is 1.34. The van der Waals surface area contributed by atoms with Gasteiger partial charge >= 0.3 is 0 Å². The summed E-state index contributed by atoms with van der Waals surface area (Å²) in [4.78, 5) is 9.15. The van der Waals surface area contributed by atoms with E-state index in [-0.39, 0.29) is 0 Å². The van der Waals surface area contributed by atoms with Crippen molar-refractivity contribution >= 4 is 0 Å². The van der Waals surface area contributed by atoms with Gasteiger partial charge in [0.2, 0.25) is 0 Å². The zero-order valence-corrected chi connectivity index (χ0v) is 13.0. The molecule has 21 heavy (non-hydrogen) atoms. The third-order valence-corrected chi connectivity index (χ3v) is 4.33. The molecule has 3 heterocycles. The third-order valence-electron chi connectivity index (χ3n) is 4.33. The minimum absolute atomic E-state index is 0.945. The van der Waals surface area contributed by atoms with Crippen molar-refractivity contribution in [2.75, 3.05) is 26.2 Å². The Bertz CT molecular complexity index is 575. The number of nitrogens with zero attached hydrogens (tertiary/aromatic N) is 5. The zero-order chi connectivity index (χ0) is 14.8. The number of aryl methyl sites for hydroxylation is 3. The van der Waals surface area contributed by atoms with Crippen LogP contribution in [0.3, 0.4) is 0 Å². The SMILES string of the molecule is Cc1noc(C)c1CN1CCN(Cc2cncn2C)CC1. The molecule has 3 rings (SSSR count). The molecule has 0 aromatic carbocycles. The molecule has 1 saturated heterocycles. The van der Waals surface area contributed by atoms with Crippen molar-refractivity contribution < 1.29 is 4.52 Å². The van der Waals surface area contributed by atoms with Gasteiger partial charge < -0.3 is 9.09 Å². The highest BCUT2D eigenvalue weighted by Gasteiger charge is 2.20. The lowest BCUT2D eigenvalue weighted by molar-refractivity contribution is 0.120. The fourth-order valence-electron chi connectivity index (χ4n) is 2.82. The van der Waals surface area contributed by atoms with Gasteiger partial charge in [0, 0.05) is 58.1 Å². The summed E-state index contributed by atoms with van der Waals surface area (Å²) in [7, 11) is 2.05. The molecule has 0 aliphatic carbocycles. The second-order valence-corrected chi connectivity index (χ2v) is 5.85. The van der Waals surface area contributed by atoms with Gasteiger partial charge in [-0.25, -0.2) is 4.98 Å². The topological polar surface area (TPSA) is 50.3 Å². The van der Waals surface area contributed by atoms with Crippen LogP contribution in [-0.4, -0.2) is 50.7 Å². The minimum atomic E-state index is 0.945. The molecule has 2 aromatic heterocycles. The van der Waals surface area contributed by atoms with Gasteiger partial charge in [0.05, 0.1) is 17.7 Å². The summed E-state index contributed by atoms with van der Waals surface area (Å²) in [5.41, 5.74) is 3.54. The molecule has 0 spiro atoms. The number of aromatic nitrogens is 3. The van der Waals surface area contributed by atoms with Gasteiger partial charge in [-0.1, -0.05) is 5.16 Å². The molecule has 0 saturated carbocycles. The number of hydrogen-bond acceptors (Lipinski definition) is 5. The lowest BCUT2D eigenvalue weighted by atomic mass is 10.2. The quantitative estimate of drug-likeness (QED) is 0.850. The molecule has 1 aliphatic rings. The van der Waals surface area contributed by atoms with Gasteiger partial charge in [0.15, 0.2) is 0 Å². The lowest BCUT2D eigenvalue weighted by Gasteiger charge is -2.34. The van der Waals surface area contributed by atoms with Gasteiger partial charge in [0.1, 0.15) is 5.76 Å². The van der Waals surface area contributed by atoms with Crippen molar-refractivity contribution in [3.8, 4) is 0 Å². The standard InChI is InChI=1S/C15H23N5O/c1-12-15(13(2)21-17-12)10-20-6-4-19(5-7-20)9-14-8-16-11-18(14)3/h8,11H,4-7,9-10H2,1-3H3. The van der Waals surface area contributed by atoms with Crippen molar-refractivity contribution in [1.29, 1.82) is 0 Å². The van der Waals surface area contributed by atoms with Crippen LogP contribution >= 0.6 is 0 Å². The highest BCUT2D eigenvalue weighted by molar-refractivity contribution is 5.20. The van der Waals surface area contributed by atoms with Crippen LogP contribution in [0.4, 0.5) is 0 Å². The molecular weight excluding hydrogens is 266 g/mol. The summed E-state index contributed by atoms with van der Waals surface area (Å²) in [5, 5.41) is 4.03. The minimum Gasteiger partial charge on any atom is -0.361 e. The summed E-state index contributed by atoms with van der Waals surface area (Å²) in [6.45, 7) is 10.3. The predicted molar refractivity (Wildman–Crippen MR) is 79.7 cm³/mol. The van der Waals surface area contributed by atoms with Crippen molar-refractivity contribution in [2.45, 2.75) is 26.9 Å².